The first-order chi connectivity index (χ1) is 29.0. The van der Waals surface area contributed by atoms with Crippen LogP contribution in [0.3, 0.4) is 0 Å². The highest BCUT2D eigenvalue weighted by molar-refractivity contribution is 7.91. The van der Waals surface area contributed by atoms with Gasteiger partial charge in [-0.05, 0) is 87.2 Å². The molecule has 6 aliphatic rings. The monoisotopic (exact) mass is 894 g/mol. The van der Waals surface area contributed by atoms with Crippen molar-refractivity contribution < 1.29 is 59.4 Å². The van der Waals surface area contributed by atoms with Crippen LogP contribution >= 0.6 is 0 Å². The lowest BCUT2D eigenvalue weighted by molar-refractivity contribution is -0.143. The summed E-state index contributed by atoms with van der Waals surface area (Å²) in [5, 5.41) is 5.12. The highest BCUT2D eigenvalue weighted by Crippen LogP contribution is 2.58. The zero-order valence-electron chi connectivity index (χ0n) is 35.5. The van der Waals surface area contributed by atoms with Crippen molar-refractivity contribution in [2.45, 2.75) is 139 Å². The predicted molar refractivity (Wildman–Crippen MR) is 214 cm³/mol. The lowest BCUT2D eigenvalue weighted by Gasteiger charge is -2.36. The first kappa shape index (κ1) is 44.1. The minimum atomic E-state index is -4.31. The lowest BCUT2D eigenvalue weighted by atomic mass is 9.85. The van der Waals surface area contributed by atoms with Crippen molar-refractivity contribution in [3.05, 3.63) is 23.9 Å². The number of fused-ring (bicyclic) bond motifs is 7. The molecule has 0 spiro atoms. The van der Waals surface area contributed by atoms with E-state index in [-0.39, 0.29) is 36.2 Å². The van der Waals surface area contributed by atoms with Crippen LogP contribution in [0, 0.1) is 35.0 Å². The largest absolute Gasteiger partial charge is 0.497 e. The topological polar surface area (TPSA) is 195 Å². The Hall–Kier alpha value is -4.49. The van der Waals surface area contributed by atoms with Crippen molar-refractivity contribution in [1.82, 2.24) is 30.2 Å². The average molecular weight is 895 g/mol. The van der Waals surface area contributed by atoms with Crippen LogP contribution in [0.1, 0.15) is 98.1 Å². The van der Waals surface area contributed by atoms with Gasteiger partial charge in [0.1, 0.15) is 35.6 Å². The van der Waals surface area contributed by atoms with E-state index in [9.17, 15) is 36.4 Å². The molecule has 1 unspecified atom stereocenters. The van der Waals surface area contributed by atoms with Gasteiger partial charge in [-0.15, -0.1) is 0 Å². The molecular weight excluding hydrogens is 841 g/mol. The summed E-state index contributed by atoms with van der Waals surface area (Å²) in [6, 6.07) is 1.58. The smallest absolute Gasteiger partial charge is 0.408 e. The van der Waals surface area contributed by atoms with Crippen LogP contribution in [-0.2, 0) is 35.1 Å². The maximum atomic E-state index is 16.5. The van der Waals surface area contributed by atoms with Gasteiger partial charge in [0.05, 0.1) is 35.4 Å². The van der Waals surface area contributed by atoms with Gasteiger partial charge < -0.3 is 29.7 Å². The Labute approximate surface area is 357 Å². The standard InChI is InChI=1S/C42H54F4N6O9S/c1-20-29-19-52(30(20)34(53)50-41(18-25(41)33(43)44)37(55)51-62(57,58)40(5)13-14-40)36(54)32(39(2,3)4)49-38(56)61-28-16-21-15-24(21)23(28)9-7-8-12-42(45,46)31-35(60-29)48-27-17-22(59-6)10-11-26(27)47-31/h10-11,17,20-21,23-25,28-30,32-33H,7-9,12-16,18-19H2,1-6H3,(H,49,56)(H,50,53)(H,51,55)/t20-,21+,23-,24+,25+,28-,29?,30+,32-,41-/m1/s1. The number of ether oxygens (including phenoxy) is 3. The number of rotatable bonds is 7. The van der Waals surface area contributed by atoms with E-state index >= 15 is 8.78 Å². The molecule has 2 bridgehead atoms. The van der Waals surface area contributed by atoms with Gasteiger partial charge in [0.2, 0.25) is 34.1 Å². The van der Waals surface area contributed by atoms with Gasteiger partial charge >= 0.3 is 6.09 Å². The molecule has 8 rings (SSSR count). The third-order valence-electron chi connectivity index (χ3n) is 14.1. The highest BCUT2D eigenvalue weighted by atomic mass is 32.2. The highest BCUT2D eigenvalue weighted by Gasteiger charge is 2.68. The number of aromatic nitrogens is 2. The number of carbonyl (C=O) groups excluding carboxylic acids is 4. The molecule has 2 aliphatic heterocycles. The zero-order chi connectivity index (χ0) is 44.9. The van der Waals surface area contributed by atoms with Gasteiger partial charge in [0.15, 0.2) is 5.69 Å². The Kier molecular flexibility index (Phi) is 10.9. The molecule has 62 heavy (non-hydrogen) atoms. The Bertz CT molecular complexity index is 2270. The van der Waals surface area contributed by atoms with Crippen LogP contribution < -0.4 is 24.8 Å². The third-order valence-corrected chi connectivity index (χ3v) is 16.3. The Morgan fingerprint density at radius 2 is 1.74 bits per heavy atom. The molecule has 15 nitrogen and oxygen atoms in total. The van der Waals surface area contributed by atoms with Crippen molar-refractivity contribution in [3.8, 4) is 11.6 Å². The van der Waals surface area contributed by atoms with Crippen molar-refractivity contribution in [2.24, 2.45) is 35.0 Å². The summed E-state index contributed by atoms with van der Waals surface area (Å²) in [6.45, 7) is 7.50. The van der Waals surface area contributed by atoms with E-state index in [1.165, 1.54) is 33.1 Å². The summed E-state index contributed by atoms with van der Waals surface area (Å²) in [5.41, 5.74) is -3.83. The van der Waals surface area contributed by atoms with Crippen LogP contribution in [0.25, 0.3) is 11.0 Å². The van der Waals surface area contributed by atoms with E-state index in [4.69, 9.17) is 14.2 Å². The molecule has 10 atom stereocenters. The first-order valence-electron chi connectivity index (χ1n) is 21.3. The number of halogens is 4. The normalized spacial score (nSPS) is 34.0. The number of sulfonamides is 1. The van der Waals surface area contributed by atoms with E-state index in [0.29, 0.717) is 36.8 Å². The molecule has 1 aromatic carbocycles. The lowest BCUT2D eigenvalue weighted by Crippen LogP contribution is -2.61. The van der Waals surface area contributed by atoms with Crippen molar-refractivity contribution in [1.29, 1.82) is 0 Å². The fraction of sp³-hybridized carbons (Fsp3) is 0.714. The number of amides is 4. The molecule has 2 aromatic rings. The molecule has 5 fully saturated rings. The van der Waals surface area contributed by atoms with E-state index < -0.39 is 129 Å². The summed E-state index contributed by atoms with van der Waals surface area (Å²) in [6.07, 6.45) is -3.85. The van der Waals surface area contributed by atoms with Crippen LogP contribution in [0.5, 0.6) is 11.6 Å². The Morgan fingerprint density at radius 1 is 1.02 bits per heavy atom. The number of hydrogen-bond acceptors (Lipinski definition) is 11. The fourth-order valence-electron chi connectivity index (χ4n) is 9.75. The number of hydrogen-bond donors (Lipinski definition) is 3. The molecule has 340 valence electrons. The SMILES string of the molecule is COc1ccc2nc3c(nc2c1)OC1CN(C(=O)[C@H](C(C)(C)C)NC(=O)O[C@@H]2C[C@@H]4C[C@@H]4[C@H]2CCCCC3(F)F)[C@H](C(=O)N[C@]2(C(=O)NS(=O)(=O)C3(C)CC3)C[C@H]2C(F)F)[C@@H]1C. The summed E-state index contributed by atoms with van der Waals surface area (Å²) in [4.78, 5) is 66.8. The summed E-state index contributed by atoms with van der Waals surface area (Å²) < 4.78 is 106. The fourth-order valence-corrected chi connectivity index (χ4v) is 11.1. The maximum absolute atomic E-state index is 16.5. The van der Waals surface area contributed by atoms with E-state index in [1.807, 2.05) is 4.72 Å². The van der Waals surface area contributed by atoms with Crippen molar-refractivity contribution in [2.75, 3.05) is 13.7 Å². The molecule has 1 aromatic heterocycles. The second kappa shape index (κ2) is 15.3. The number of nitrogens with one attached hydrogen (secondary N) is 3. The van der Waals surface area contributed by atoms with E-state index in [1.54, 1.807) is 26.8 Å². The molecular formula is C42H54F4N6O9S. The van der Waals surface area contributed by atoms with Crippen molar-refractivity contribution >= 4 is 44.9 Å². The second-order valence-corrected chi connectivity index (χ2v) is 21.8. The van der Waals surface area contributed by atoms with Crippen LogP contribution in [0.2, 0.25) is 0 Å². The van der Waals surface area contributed by atoms with Gasteiger partial charge in [0, 0.05) is 18.4 Å². The number of nitrogens with zero attached hydrogens (tertiary/aromatic N) is 3. The number of methoxy groups -OCH3 is 1. The maximum Gasteiger partial charge on any atom is 0.408 e. The minimum absolute atomic E-state index is 0.0595. The van der Waals surface area contributed by atoms with E-state index in [2.05, 4.69) is 20.6 Å². The molecule has 4 amide bonds. The number of alkyl halides is 4. The zero-order valence-corrected chi connectivity index (χ0v) is 36.3. The molecule has 3 N–H and O–H groups in total. The minimum Gasteiger partial charge on any atom is -0.497 e. The van der Waals surface area contributed by atoms with Crippen LogP contribution in [-0.4, -0.2) is 102 Å². The molecule has 4 saturated carbocycles. The van der Waals surface area contributed by atoms with Crippen molar-refractivity contribution in [3.63, 3.8) is 0 Å². The summed E-state index contributed by atoms with van der Waals surface area (Å²) >= 11 is 0. The Morgan fingerprint density at radius 3 is 2.39 bits per heavy atom. The first-order valence-corrected chi connectivity index (χ1v) is 22.8. The van der Waals surface area contributed by atoms with Gasteiger partial charge in [-0.3, -0.25) is 19.1 Å². The second-order valence-electron chi connectivity index (χ2n) is 19.6. The molecule has 3 heterocycles. The summed E-state index contributed by atoms with van der Waals surface area (Å²) in [7, 11) is -2.89. The predicted octanol–water partition coefficient (Wildman–Crippen LogP) is 5.20. The quantitative estimate of drug-likeness (QED) is 0.309. The average Bonchev–Trinajstić information content (AvgIpc) is 4.15. The number of alkyl carbamates (subject to hydrolysis) is 1. The van der Waals surface area contributed by atoms with Crippen LogP contribution in [0.4, 0.5) is 22.4 Å². The van der Waals surface area contributed by atoms with Crippen LogP contribution in [0.15, 0.2) is 18.2 Å². The van der Waals surface area contributed by atoms with Gasteiger partial charge in [-0.2, -0.15) is 8.78 Å². The molecule has 1 saturated heterocycles. The third kappa shape index (κ3) is 8.01. The molecule has 20 heteroatoms. The van der Waals surface area contributed by atoms with Gasteiger partial charge in [-0.25, -0.2) is 32.0 Å². The molecule has 4 aliphatic carbocycles. The molecule has 0 radical (unpaired) electrons. The van der Waals surface area contributed by atoms with Gasteiger partial charge in [-0.1, -0.05) is 34.1 Å². The van der Waals surface area contributed by atoms with Gasteiger partial charge in [0.25, 0.3) is 11.8 Å². The Balaban J connectivity index is 1.18. The van der Waals surface area contributed by atoms with E-state index in [0.717, 1.165) is 11.3 Å². The summed E-state index contributed by atoms with van der Waals surface area (Å²) in [5.74, 6) is -9.27. The number of benzene rings is 1. The number of carbonyl (C=O) groups is 4.